The van der Waals surface area contributed by atoms with E-state index in [1.165, 1.54) is 11.3 Å². The third kappa shape index (κ3) is 5.32. The number of fused-ring (bicyclic) bond motifs is 1. The molecule has 0 unspecified atom stereocenters. The number of aromatic nitrogens is 2. The summed E-state index contributed by atoms with van der Waals surface area (Å²) in [4.78, 5) is 24.8. The van der Waals surface area contributed by atoms with Crippen LogP contribution in [0.4, 0.5) is 0 Å². The molecule has 6 nitrogen and oxygen atoms in total. The molecule has 1 atom stereocenters. The van der Waals surface area contributed by atoms with E-state index in [1.807, 2.05) is 59.7 Å². The van der Waals surface area contributed by atoms with Gasteiger partial charge in [0.1, 0.15) is 11.4 Å². The van der Waals surface area contributed by atoms with Crippen LogP contribution < -0.4 is 4.74 Å². The highest BCUT2D eigenvalue weighted by Gasteiger charge is 2.26. The van der Waals surface area contributed by atoms with Gasteiger partial charge in [-0.25, -0.2) is 9.97 Å². The summed E-state index contributed by atoms with van der Waals surface area (Å²) in [5.74, 6) is 0.676. The van der Waals surface area contributed by atoms with Crippen LogP contribution in [0.15, 0.2) is 53.9 Å². The number of ether oxygens (including phenoxy) is 2. The lowest BCUT2D eigenvalue weighted by Gasteiger charge is -2.26. The maximum absolute atomic E-state index is 13.6. The van der Waals surface area contributed by atoms with Crippen LogP contribution in [0.1, 0.15) is 33.9 Å². The minimum Gasteiger partial charge on any atom is -0.497 e. The number of carbonyl (C=O) groups excluding carboxylic acids is 1. The van der Waals surface area contributed by atoms with E-state index in [-0.39, 0.29) is 12.0 Å². The Kier molecular flexibility index (Phi) is 7.00. The number of thiazole rings is 1. The molecule has 35 heavy (non-hydrogen) atoms. The van der Waals surface area contributed by atoms with E-state index in [9.17, 15) is 4.79 Å². The van der Waals surface area contributed by atoms with E-state index >= 15 is 0 Å². The molecule has 1 aliphatic rings. The molecular formula is C27H26ClN3O3S. The number of methoxy groups -OCH3 is 1. The Hall–Kier alpha value is -3.00. The summed E-state index contributed by atoms with van der Waals surface area (Å²) >= 11 is 7.74. The fourth-order valence-corrected chi connectivity index (χ4v) is 5.14. The van der Waals surface area contributed by atoms with E-state index in [4.69, 9.17) is 26.1 Å². The summed E-state index contributed by atoms with van der Waals surface area (Å²) in [5, 5.41) is 4.29. The van der Waals surface area contributed by atoms with Gasteiger partial charge < -0.3 is 14.4 Å². The van der Waals surface area contributed by atoms with Gasteiger partial charge in [-0.1, -0.05) is 17.7 Å². The van der Waals surface area contributed by atoms with Gasteiger partial charge in [-0.15, -0.1) is 11.3 Å². The molecule has 5 rings (SSSR count). The van der Waals surface area contributed by atoms with Crippen molar-refractivity contribution in [2.24, 2.45) is 0 Å². The molecule has 0 N–H and O–H groups in total. The number of nitrogens with zero attached hydrogens (tertiary/aromatic N) is 3. The molecule has 3 heterocycles. The highest BCUT2D eigenvalue weighted by molar-refractivity contribution is 7.09. The zero-order valence-electron chi connectivity index (χ0n) is 19.7. The molecule has 0 saturated carbocycles. The number of rotatable bonds is 7. The average Bonchev–Trinajstić information content (AvgIpc) is 3.55. The van der Waals surface area contributed by atoms with E-state index in [1.54, 1.807) is 7.11 Å². The van der Waals surface area contributed by atoms with Crippen LogP contribution in [0.3, 0.4) is 0 Å². The second-order valence-electron chi connectivity index (χ2n) is 8.63. The summed E-state index contributed by atoms with van der Waals surface area (Å²) in [6.07, 6.45) is 1.98. The van der Waals surface area contributed by atoms with Gasteiger partial charge in [0, 0.05) is 41.0 Å². The molecule has 1 aliphatic heterocycles. The van der Waals surface area contributed by atoms with Crippen molar-refractivity contribution in [1.82, 2.24) is 14.9 Å². The van der Waals surface area contributed by atoms with Crippen molar-refractivity contribution in [2.75, 3.05) is 20.3 Å². The predicted molar refractivity (Wildman–Crippen MR) is 139 cm³/mol. The zero-order chi connectivity index (χ0) is 24.4. The molecule has 0 spiro atoms. The van der Waals surface area contributed by atoms with Crippen molar-refractivity contribution >= 4 is 39.7 Å². The lowest BCUT2D eigenvalue weighted by Crippen LogP contribution is -2.37. The van der Waals surface area contributed by atoms with E-state index in [0.29, 0.717) is 23.8 Å². The second kappa shape index (κ2) is 10.3. The number of aryl methyl sites for hydroxylation is 1. The summed E-state index contributed by atoms with van der Waals surface area (Å²) in [6.45, 7) is 3.54. The first kappa shape index (κ1) is 23.7. The van der Waals surface area contributed by atoms with Crippen molar-refractivity contribution < 1.29 is 14.3 Å². The molecule has 0 aliphatic carbocycles. The van der Waals surface area contributed by atoms with E-state index in [2.05, 4.69) is 11.1 Å². The Bertz CT molecular complexity index is 1350. The van der Waals surface area contributed by atoms with Crippen LogP contribution in [0.25, 0.3) is 22.2 Å². The highest BCUT2D eigenvalue weighted by atomic mass is 35.5. The van der Waals surface area contributed by atoms with Gasteiger partial charge >= 0.3 is 0 Å². The van der Waals surface area contributed by atoms with Gasteiger partial charge in [0.2, 0.25) is 0 Å². The molecule has 2 aromatic heterocycles. The summed E-state index contributed by atoms with van der Waals surface area (Å²) in [7, 11) is 1.64. The number of carbonyl (C=O) groups is 1. The van der Waals surface area contributed by atoms with Crippen LogP contribution in [-0.2, 0) is 11.3 Å². The first-order valence-electron chi connectivity index (χ1n) is 11.6. The summed E-state index contributed by atoms with van der Waals surface area (Å²) in [6, 6.07) is 15.6. The number of pyridine rings is 1. The van der Waals surface area contributed by atoms with Gasteiger partial charge in [0.15, 0.2) is 0 Å². The highest BCUT2D eigenvalue weighted by Crippen LogP contribution is 2.30. The van der Waals surface area contributed by atoms with Crippen molar-refractivity contribution in [2.45, 2.75) is 32.4 Å². The number of halogens is 1. The Morgan fingerprint density at radius 2 is 2.03 bits per heavy atom. The van der Waals surface area contributed by atoms with Crippen LogP contribution in [0.5, 0.6) is 5.75 Å². The number of amides is 1. The molecule has 1 amide bonds. The minimum atomic E-state index is -0.0956. The Morgan fingerprint density at radius 3 is 2.71 bits per heavy atom. The lowest BCUT2D eigenvalue weighted by atomic mass is 10.0. The van der Waals surface area contributed by atoms with E-state index < -0.39 is 0 Å². The van der Waals surface area contributed by atoms with Crippen LogP contribution >= 0.6 is 22.9 Å². The Labute approximate surface area is 213 Å². The van der Waals surface area contributed by atoms with Crippen molar-refractivity contribution in [3.05, 3.63) is 75.2 Å². The van der Waals surface area contributed by atoms with Crippen LogP contribution in [-0.4, -0.2) is 47.1 Å². The van der Waals surface area contributed by atoms with E-state index in [0.717, 1.165) is 57.9 Å². The van der Waals surface area contributed by atoms with Gasteiger partial charge in [-0.3, -0.25) is 4.79 Å². The maximum atomic E-state index is 13.6. The Balaban J connectivity index is 1.57. The van der Waals surface area contributed by atoms with Crippen molar-refractivity contribution in [3.8, 4) is 17.0 Å². The van der Waals surface area contributed by atoms with Gasteiger partial charge in [0.05, 0.1) is 29.4 Å². The molecular weight excluding hydrogens is 482 g/mol. The first-order chi connectivity index (χ1) is 17.0. The fraction of sp³-hybridized carbons (Fsp3) is 0.296. The normalized spacial score (nSPS) is 15.5. The standard InChI is InChI=1S/C27H26ClN3O3S/c1-17-29-25(16-35-17)27(32)31(15-23-4-3-11-34-23)14-20-12-19-5-8-21(28)13-24(19)30-26(20)18-6-9-22(33-2)10-7-18/h5-10,12-13,16,23H,3-4,11,14-15H2,1-2H3/t23-/m1/s1. The SMILES string of the molecule is COc1ccc(-c2nc3cc(Cl)ccc3cc2CN(C[C@H]2CCCO2)C(=O)c2csc(C)n2)cc1. The summed E-state index contributed by atoms with van der Waals surface area (Å²) in [5.41, 5.74) is 3.97. The van der Waals surface area contributed by atoms with Crippen LogP contribution in [0.2, 0.25) is 5.02 Å². The Morgan fingerprint density at radius 1 is 1.20 bits per heavy atom. The molecule has 1 fully saturated rings. The third-order valence-corrected chi connectivity index (χ3v) is 7.17. The summed E-state index contributed by atoms with van der Waals surface area (Å²) < 4.78 is 11.2. The number of hydrogen-bond acceptors (Lipinski definition) is 6. The second-order valence-corrected chi connectivity index (χ2v) is 10.1. The van der Waals surface area contributed by atoms with Crippen molar-refractivity contribution in [1.29, 1.82) is 0 Å². The number of hydrogen-bond donors (Lipinski definition) is 0. The molecule has 0 radical (unpaired) electrons. The minimum absolute atomic E-state index is 0.0235. The molecule has 0 bridgehead atoms. The predicted octanol–water partition coefficient (Wildman–Crippen LogP) is 6.15. The largest absolute Gasteiger partial charge is 0.497 e. The van der Waals surface area contributed by atoms with Gasteiger partial charge in [0.25, 0.3) is 5.91 Å². The maximum Gasteiger partial charge on any atom is 0.273 e. The van der Waals surface area contributed by atoms with Crippen molar-refractivity contribution in [3.63, 3.8) is 0 Å². The van der Waals surface area contributed by atoms with Crippen LogP contribution in [0, 0.1) is 6.92 Å². The third-order valence-electron chi connectivity index (χ3n) is 6.16. The smallest absolute Gasteiger partial charge is 0.273 e. The van der Waals surface area contributed by atoms with Gasteiger partial charge in [-0.05, 0) is 67.8 Å². The molecule has 1 saturated heterocycles. The first-order valence-corrected chi connectivity index (χ1v) is 12.8. The molecule has 8 heteroatoms. The topological polar surface area (TPSA) is 64.6 Å². The quantitative estimate of drug-likeness (QED) is 0.300. The molecule has 4 aromatic rings. The monoisotopic (exact) mass is 507 g/mol. The molecule has 180 valence electrons. The zero-order valence-corrected chi connectivity index (χ0v) is 21.2. The number of benzene rings is 2. The lowest BCUT2D eigenvalue weighted by molar-refractivity contribution is 0.0503. The van der Waals surface area contributed by atoms with Gasteiger partial charge in [-0.2, -0.15) is 0 Å². The fourth-order valence-electron chi connectivity index (χ4n) is 4.39. The molecule has 2 aromatic carbocycles. The average molecular weight is 508 g/mol.